The van der Waals surface area contributed by atoms with E-state index in [0.29, 0.717) is 36.9 Å². The Labute approximate surface area is 367 Å². The van der Waals surface area contributed by atoms with Gasteiger partial charge < -0.3 is 55.9 Å². The summed E-state index contributed by atoms with van der Waals surface area (Å²) < 4.78 is 12.5. The van der Waals surface area contributed by atoms with Crippen molar-refractivity contribution in [2.45, 2.75) is 98.8 Å². The fourth-order valence-electron chi connectivity index (χ4n) is 11.9. The van der Waals surface area contributed by atoms with Crippen LogP contribution in [0.4, 0.5) is 0 Å². The van der Waals surface area contributed by atoms with Gasteiger partial charge in [-0.25, -0.2) is 0 Å². The maximum absolute atomic E-state index is 15.8. The summed E-state index contributed by atoms with van der Waals surface area (Å²) in [6, 6.07) is 11.9. The number of aliphatic hydroxyl groups excluding tert-OH is 6. The summed E-state index contributed by atoms with van der Waals surface area (Å²) in [6.07, 6.45) is 4.87. The van der Waals surface area contributed by atoms with Crippen LogP contribution in [0, 0.1) is 22.7 Å². The molecule has 0 aromatic heterocycles. The van der Waals surface area contributed by atoms with Crippen LogP contribution in [0.2, 0.25) is 0 Å². The highest BCUT2D eigenvalue weighted by atomic mass is 33.1. The maximum Gasteiger partial charge on any atom is 0.229 e. The summed E-state index contributed by atoms with van der Waals surface area (Å²) >= 11 is 0. The third-order valence-corrected chi connectivity index (χ3v) is 17.9. The number of hydrogen-bond donors (Lipinski definition) is 9. The molecule has 15 heteroatoms. The van der Waals surface area contributed by atoms with E-state index in [9.17, 15) is 35.7 Å². The summed E-state index contributed by atoms with van der Waals surface area (Å²) in [4.78, 5) is 31.0. The second-order valence-corrected chi connectivity index (χ2v) is 20.7. The maximum atomic E-state index is 15.8. The Balaban J connectivity index is 1.15. The van der Waals surface area contributed by atoms with Crippen molar-refractivity contribution in [2.75, 3.05) is 19.8 Å². The largest absolute Gasteiger partial charge is 0.511 e. The normalized spacial score (nSPS) is 37.1. The summed E-state index contributed by atoms with van der Waals surface area (Å²) in [5, 5.41) is 86.4. The lowest BCUT2D eigenvalue weighted by Crippen LogP contribution is -2.69. The molecule has 13 nitrogen and oxygen atoms in total. The van der Waals surface area contributed by atoms with Gasteiger partial charge in [0.05, 0.1) is 30.1 Å². The van der Waals surface area contributed by atoms with Gasteiger partial charge in [-0.15, -0.1) is 0 Å². The zero-order valence-electron chi connectivity index (χ0n) is 34.0. The second kappa shape index (κ2) is 16.0. The number of benzene rings is 2. The SMILES string of the molecule is O=C1c2cccc3c2C(=O)[C@@]2(C(O)=CC(Cc4cccc(CO)c4)=C[C@H]12)[C@H](CCCO)SS[C@H]1CC2=C[C@H]4CCC[C@]4(C[C@]4(O)[C@H](O)[C@@H](CO)O[C@@H](O3)[C@@H]4O)C3=CCNC(=C23)N1. The monoisotopic (exact) mass is 884 g/mol. The van der Waals surface area contributed by atoms with Gasteiger partial charge in [0.15, 0.2) is 11.6 Å². The van der Waals surface area contributed by atoms with Crippen LogP contribution in [0.5, 0.6) is 5.75 Å². The molecule has 2 aromatic rings. The molecule has 0 amide bonds. The number of ether oxygens (including phenoxy) is 2. The number of ketones is 2. The predicted molar refractivity (Wildman–Crippen MR) is 232 cm³/mol. The molecule has 328 valence electrons. The minimum Gasteiger partial charge on any atom is -0.511 e. The topological polar surface area (TPSA) is 218 Å². The van der Waals surface area contributed by atoms with Crippen molar-refractivity contribution < 1.29 is 54.8 Å². The lowest BCUT2D eigenvalue weighted by Gasteiger charge is -2.54. The number of Topliss-reactive ketones (excluding diaryl/α,β-unsaturated/α-hetero) is 2. The van der Waals surface area contributed by atoms with Crippen LogP contribution in [0.3, 0.4) is 0 Å². The highest BCUT2D eigenvalue weighted by Crippen LogP contribution is 2.64. The molecule has 11 atom stereocenters. The molecule has 6 heterocycles. The molecule has 12 rings (SSSR count). The van der Waals surface area contributed by atoms with Crippen molar-refractivity contribution in [3.8, 4) is 5.75 Å². The van der Waals surface area contributed by atoms with Gasteiger partial charge in [0.1, 0.15) is 46.7 Å². The number of dihydropyridines is 1. The zero-order valence-corrected chi connectivity index (χ0v) is 35.7. The van der Waals surface area contributed by atoms with Gasteiger partial charge in [-0.1, -0.05) is 82.6 Å². The number of nitrogens with one attached hydrogen (secondary N) is 2. The number of rotatable bonds is 7. The van der Waals surface area contributed by atoms with E-state index in [-0.39, 0.29) is 66.4 Å². The lowest BCUT2D eigenvalue weighted by molar-refractivity contribution is -0.320. The number of aliphatic hydroxyl groups is 7. The van der Waals surface area contributed by atoms with Crippen LogP contribution in [0.15, 0.2) is 101 Å². The molecule has 2 fully saturated rings. The van der Waals surface area contributed by atoms with Gasteiger partial charge in [0.25, 0.3) is 0 Å². The van der Waals surface area contributed by atoms with Crippen molar-refractivity contribution >= 4 is 33.2 Å². The minimum absolute atomic E-state index is 0.0179. The molecule has 4 aliphatic carbocycles. The summed E-state index contributed by atoms with van der Waals surface area (Å²) in [7, 11) is 2.94. The standard InChI is InChI=1S/C47H52N2O11S2/c50-14-4-10-35-47-31(17-26(18-34(47)53)16-24-5-1-6-25(15-24)21-51)39(54)29-8-2-9-32(38(29)41(47)56)59-44-42(57)46(58,40(55)33(22-52)60-44)23-45-12-3-7-28(45)19-27-20-36(62-61-35)49-43-37(27)30(45)11-13-48-43/h1-2,5-6,8-9,11,15,17-19,28,31,33,35-36,40,42,44,48-53,55,57-58H,3-4,7,10,12-14,16,20-23H2/t28-,31-,33-,35+,36+,40-,42+,44-,45-,46+,47+/m1/s1. The van der Waals surface area contributed by atoms with E-state index >= 15 is 9.59 Å². The molecule has 0 unspecified atom stereocenters. The molecule has 2 spiro atoms. The molecular formula is C47H52N2O11S2. The molecule has 1 saturated heterocycles. The van der Waals surface area contributed by atoms with Gasteiger partial charge in [0, 0.05) is 41.4 Å². The Morgan fingerprint density at radius 3 is 2.61 bits per heavy atom. The first-order valence-corrected chi connectivity index (χ1v) is 23.9. The Hall–Kier alpha value is -3.90. The Bertz CT molecular complexity index is 2360. The lowest BCUT2D eigenvalue weighted by atomic mass is 9.57. The van der Waals surface area contributed by atoms with Crippen molar-refractivity contribution in [2.24, 2.45) is 22.7 Å². The second-order valence-electron chi connectivity index (χ2n) is 18.0. The first-order chi connectivity index (χ1) is 30.0. The molecular weight excluding hydrogens is 833 g/mol. The highest BCUT2D eigenvalue weighted by Gasteiger charge is 2.65. The molecule has 0 radical (unpaired) electrons. The molecule has 10 bridgehead atoms. The molecule has 2 aromatic carbocycles. The van der Waals surface area contributed by atoms with Crippen LogP contribution in [0.25, 0.3) is 0 Å². The van der Waals surface area contributed by atoms with Crippen LogP contribution in [0.1, 0.15) is 76.8 Å². The Morgan fingerprint density at radius 1 is 0.984 bits per heavy atom. The van der Waals surface area contributed by atoms with E-state index in [1.54, 1.807) is 24.3 Å². The summed E-state index contributed by atoms with van der Waals surface area (Å²) in [5.74, 6) is -1.80. The summed E-state index contributed by atoms with van der Waals surface area (Å²) in [5.41, 5.74) is 0.480. The minimum atomic E-state index is -2.25. The van der Waals surface area contributed by atoms with Crippen LogP contribution in [-0.2, 0) is 17.8 Å². The van der Waals surface area contributed by atoms with Crippen molar-refractivity contribution in [1.82, 2.24) is 10.6 Å². The average Bonchev–Trinajstić information content (AvgIpc) is 3.68. The highest BCUT2D eigenvalue weighted by molar-refractivity contribution is 8.77. The molecule has 1 saturated carbocycles. The summed E-state index contributed by atoms with van der Waals surface area (Å²) in [6.45, 7) is -0.549. The van der Waals surface area contributed by atoms with E-state index < -0.39 is 70.4 Å². The van der Waals surface area contributed by atoms with E-state index in [4.69, 9.17) is 9.47 Å². The average molecular weight is 885 g/mol. The molecule has 62 heavy (non-hydrogen) atoms. The van der Waals surface area contributed by atoms with Gasteiger partial charge in [-0.05, 0) is 84.4 Å². The quantitative estimate of drug-likeness (QED) is 0.179. The van der Waals surface area contributed by atoms with Crippen molar-refractivity contribution in [3.63, 3.8) is 0 Å². The fraction of sp³-hybridized carbons (Fsp3) is 0.489. The van der Waals surface area contributed by atoms with Crippen LogP contribution in [-0.4, -0.2) is 108 Å². The van der Waals surface area contributed by atoms with E-state index in [1.165, 1.54) is 33.7 Å². The smallest absolute Gasteiger partial charge is 0.229 e. The first-order valence-electron chi connectivity index (χ1n) is 21.6. The van der Waals surface area contributed by atoms with Gasteiger partial charge in [-0.2, -0.15) is 0 Å². The molecule has 6 aliphatic heterocycles. The van der Waals surface area contributed by atoms with Gasteiger partial charge >= 0.3 is 0 Å². The van der Waals surface area contributed by atoms with Crippen molar-refractivity contribution in [3.05, 3.63) is 123 Å². The van der Waals surface area contributed by atoms with E-state index in [0.717, 1.165) is 40.9 Å². The van der Waals surface area contributed by atoms with Gasteiger partial charge in [0.2, 0.25) is 6.29 Å². The number of allylic oxidation sites excluding steroid dienone is 7. The zero-order chi connectivity index (χ0) is 43.1. The number of carbonyl (C=O) groups excluding carboxylic acids is 2. The van der Waals surface area contributed by atoms with E-state index in [1.807, 2.05) is 18.2 Å². The third kappa shape index (κ3) is 6.32. The Morgan fingerprint density at radius 2 is 1.81 bits per heavy atom. The number of carbonyl (C=O) groups is 2. The number of hydrogen-bond acceptors (Lipinski definition) is 15. The third-order valence-electron chi connectivity index (χ3n) is 14.7. The van der Waals surface area contributed by atoms with Crippen molar-refractivity contribution in [1.29, 1.82) is 0 Å². The van der Waals surface area contributed by atoms with Crippen LogP contribution >= 0.6 is 21.6 Å². The predicted octanol–water partition coefficient (Wildman–Crippen LogP) is 4.05. The van der Waals surface area contributed by atoms with Crippen LogP contribution < -0.4 is 15.4 Å². The fourth-order valence-corrected chi connectivity index (χ4v) is 15.2. The van der Waals surface area contributed by atoms with E-state index in [2.05, 4.69) is 22.8 Å². The molecule has 10 aliphatic rings. The Kier molecular flexibility index (Phi) is 10.8. The first kappa shape index (κ1) is 42.1. The van der Waals surface area contributed by atoms with Gasteiger partial charge in [-0.3, -0.25) is 9.59 Å². The molecule has 9 N–H and O–H groups in total.